The maximum atomic E-state index is 5.88. The molecule has 3 nitrogen and oxygen atoms in total. The summed E-state index contributed by atoms with van der Waals surface area (Å²) in [6.45, 7) is 6.17. The molecular formula is C14H16IN3. The van der Waals surface area contributed by atoms with Gasteiger partial charge in [-0.05, 0) is 48.9 Å². The van der Waals surface area contributed by atoms with Crippen LogP contribution in [0.2, 0.25) is 0 Å². The Kier molecular flexibility index (Phi) is 3.85. The van der Waals surface area contributed by atoms with E-state index in [1.165, 1.54) is 16.7 Å². The molecule has 1 aromatic heterocycles. The van der Waals surface area contributed by atoms with Crippen LogP contribution in [0.1, 0.15) is 28.2 Å². The summed E-state index contributed by atoms with van der Waals surface area (Å²) in [6, 6.07) is 6.50. The van der Waals surface area contributed by atoms with Gasteiger partial charge in [-0.2, -0.15) is 0 Å². The summed E-state index contributed by atoms with van der Waals surface area (Å²) >= 11 is 2.18. The highest BCUT2D eigenvalue weighted by Gasteiger charge is 2.07. The number of anilines is 1. The van der Waals surface area contributed by atoms with Gasteiger partial charge in [-0.15, -0.1) is 0 Å². The third-order valence-corrected chi connectivity index (χ3v) is 4.07. The van der Waals surface area contributed by atoms with E-state index in [2.05, 4.69) is 64.6 Å². The van der Waals surface area contributed by atoms with E-state index in [-0.39, 0.29) is 0 Å². The largest absolute Gasteiger partial charge is 0.383 e. The molecule has 0 bridgehead atoms. The number of hydrogen-bond acceptors (Lipinski definition) is 3. The first-order valence-electron chi connectivity index (χ1n) is 5.81. The Labute approximate surface area is 121 Å². The second-order valence-corrected chi connectivity index (χ2v) is 5.68. The molecule has 0 atom stereocenters. The molecule has 0 spiro atoms. The number of nitrogen functional groups attached to an aromatic ring is 1. The van der Waals surface area contributed by atoms with Gasteiger partial charge >= 0.3 is 0 Å². The zero-order chi connectivity index (χ0) is 13.3. The first-order valence-corrected chi connectivity index (χ1v) is 6.89. The highest BCUT2D eigenvalue weighted by atomic mass is 127. The summed E-state index contributed by atoms with van der Waals surface area (Å²) in [5, 5.41) is 0. The Balaban J connectivity index is 2.34. The van der Waals surface area contributed by atoms with Crippen molar-refractivity contribution in [1.82, 2.24) is 9.97 Å². The van der Waals surface area contributed by atoms with Crippen LogP contribution in [-0.2, 0) is 6.42 Å². The number of aryl methyl sites for hydroxylation is 3. The van der Waals surface area contributed by atoms with Crippen molar-refractivity contribution >= 4 is 28.4 Å². The molecular weight excluding hydrogens is 337 g/mol. The third kappa shape index (κ3) is 2.98. The molecule has 0 saturated heterocycles. The van der Waals surface area contributed by atoms with E-state index in [0.717, 1.165) is 21.5 Å². The number of benzene rings is 1. The van der Waals surface area contributed by atoms with Crippen LogP contribution in [0.15, 0.2) is 18.2 Å². The van der Waals surface area contributed by atoms with Gasteiger partial charge in [0.05, 0.1) is 9.26 Å². The number of rotatable bonds is 2. The average Bonchev–Trinajstić information content (AvgIpc) is 2.24. The van der Waals surface area contributed by atoms with Gasteiger partial charge in [-0.25, -0.2) is 9.97 Å². The molecule has 94 valence electrons. The van der Waals surface area contributed by atoms with E-state index in [4.69, 9.17) is 5.73 Å². The SMILES string of the molecule is Cc1cc(C)cc(Cc2nc(C)c(I)c(N)n2)c1. The monoisotopic (exact) mass is 353 g/mol. The van der Waals surface area contributed by atoms with Crippen LogP contribution in [-0.4, -0.2) is 9.97 Å². The van der Waals surface area contributed by atoms with Crippen molar-refractivity contribution in [2.75, 3.05) is 5.73 Å². The molecule has 2 rings (SSSR count). The second kappa shape index (κ2) is 5.22. The maximum absolute atomic E-state index is 5.88. The molecule has 0 fully saturated rings. The van der Waals surface area contributed by atoms with Crippen LogP contribution in [0.25, 0.3) is 0 Å². The smallest absolute Gasteiger partial charge is 0.140 e. The lowest BCUT2D eigenvalue weighted by Gasteiger charge is -2.07. The Morgan fingerprint density at radius 1 is 1.06 bits per heavy atom. The van der Waals surface area contributed by atoms with Gasteiger partial charge in [0.1, 0.15) is 11.6 Å². The van der Waals surface area contributed by atoms with Crippen molar-refractivity contribution < 1.29 is 0 Å². The molecule has 1 aromatic carbocycles. The minimum atomic E-state index is 0.572. The van der Waals surface area contributed by atoms with Crippen molar-refractivity contribution in [2.24, 2.45) is 0 Å². The van der Waals surface area contributed by atoms with E-state index in [0.29, 0.717) is 5.82 Å². The van der Waals surface area contributed by atoms with Crippen molar-refractivity contribution in [3.63, 3.8) is 0 Å². The predicted octanol–water partition coefficient (Wildman–Crippen LogP) is 3.18. The fourth-order valence-corrected chi connectivity index (χ4v) is 2.32. The lowest BCUT2D eigenvalue weighted by molar-refractivity contribution is 0.938. The molecule has 2 aromatic rings. The van der Waals surface area contributed by atoms with Crippen molar-refractivity contribution in [3.05, 3.63) is 50.0 Å². The molecule has 18 heavy (non-hydrogen) atoms. The molecule has 0 amide bonds. The van der Waals surface area contributed by atoms with Crippen LogP contribution in [0.3, 0.4) is 0 Å². The molecule has 0 radical (unpaired) electrons. The fourth-order valence-electron chi connectivity index (χ4n) is 2.07. The molecule has 0 unspecified atom stereocenters. The summed E-state index contributed by atoms with van der Waals surface area (Å²) in [5.74, 6) is 1.36. The van der Waals surface area contributed by atoms with Crippen molar-refractivity contribution in [3.8, 4) is 0 Å². The van der Waals surface area contributed by atoms with E-state index in [1.54, 1.807) is 0 Å². The first kappa shape index (κ1) is 13.3. The summed E-state index contributed by atoms with van der Waals surface area (Å²) in [5.41, 5.74) is 10.6. The standard InChI is InChI=1S/C14H16IN3/c1-8-4-9(2)6-11(5-8)7-12-17-10(3)13(15)14(16)18-12/h4-6H,7H2,1-3H3,(H2,16,17,18). The van der Waals surface area contributed by atoms with E-state index in [9.17, 15) is 0 Å². The number of aromatic nitrogens is 2. The zero-order valence-electron chi connectivity index (χ0n) is 10.8. The van der Waals surface area contributed by atoms with Crippen LogP contribution >= 0.6 is 22.6 Å². The zero-order valence-corrected chi connectivity index (χ0v) is 12.9. The van der Waals surface area contributed by atoms with E-state index >= 15 is 0 Å². The van der Waals surface area contributed by atoms with Crippen molar-refractivity contribution in [2.45, 2.75) is 27.2 Å². The average molecular weight is 353 g/mol. The predicted molar refractivity (Wildman–Crippen MR) is 82.6 cm³/mol. The molecule has 1 heterocycles. The van der Waals surface area contributed by atoms with Crippen LogP contribution in [0.5, 0.6) is 0 Å². The highest BCUT2D eigenvalue weighted by Crippen LogP contribution is 2.17. The maximum Gasteiger partial charge on any atom is 0.140 e. The molecule has 0 aliphatic rings. The molecule has 4 heteroatoms. The fraction of sp³-hybridized carbons (Fsp3) is 0.286. The summed E-state index contributed by atoms with van der Waals surface area (Å²) in [7, 11) is 0. The van der Waals surface area contributed by atoms with Crippen LogP contribution in [0.4, 0.5) is 5.82 Å². The molecule has 0 aliphatic heterocycles. The Hall–Kier alpha value is -1.17. The highest BCUT2D eigenvalue weighted by molar-refractivity contribution is 14.1. The lowest BCUT2D eigenvalue weighted by Crippen LogP contribution is -2.05. The van der Waals surface area contributed by atoms with Gasteiger partial charge in [0.2, 0.25) is 0 Å². The minimum absolute atomic E-state index is 0.572. The summed E-state index contributed by atoms with van der Waals surface area (Å²) in [4.78, 5) is 8.84. The van der Waals surface area contributed by atoms with Crippen LogP contribution in [0, 0.1) is 24.3 Å². The van der Waals surface area contributed by atoms with Gasteiger partial charge < -0.3 is 5.73 Å². The van der Waals surface area contributed by atoms with Gasteiger partial charge in [-0.3, -0.25) is 0 Å². The summed E-state index contributed by atoms with van der Waals surface area (Å²) < 4.78 is 0.941. The van der Waals surface area contributed by atoms with E-state index < -0.39 is 0 Å². The molecule has 0 saturated carbocycles. The number of nitrogens with two attached hydrogens (primary N) is 1. The quantitative estimate of drug-likeness (QED) is 0.844. The van der Waals surface area contributed by atoms with Gasteiger partial charge in [0, 0.05) is 6.42 Å². The Morgan fingerprint density at radius 3 is 2.22 bits per heavy atom. The molecule has 2 N–H and O–H groups in total. The second-order valence-electron chi connectivity index (χ2n) is 4.60. The topological polar surface area (TPSA) is 51.8 Å². The minimum Gasteiger partial charge on any atom is -0.383 e. The van der Waals surface area contributed by atoms with Gasteiger partial charge in [0.15, 0.2) is 0 Å². The first-order chi connectivity index (χ1) is 8.45. The number of hydrogen-bond donors (Lipinski definition) is 1. The summed E-state index contributed by atoms with van der Waals surface area (Å²) in [6.07, 6.45) is 0.727. The Morgan fingerprint density at radius 2 is 1.67 bits per heavy atom. The third-order valence-electron chi connectivity index (χ3n) is 2.73. The number of nitrogens with zero attached hydrogens (tertiary/aromatic N) is 2. The lowest BCUT2D eigenvalue weighted by atomic mass is 10.0. The van der Waals surface area contributed by atoms with Gasteiger partial charge in [-0.1, -0.05) is 29.3 Å². The molecule has 0 aliphatic carbocycles. The van der Waals surface area contributed by atoms with Crippen molar-refractivity contribution in [1.29, 1.82) is 0 Å². The van der Waals surface area contributed by atoms with Gasteiger partial charge in [0.25, 0.3) is 0 Å². The normalized spacial score (nSPS) is 10.7. The number of halogens is 1. The Bertz CT molecular complexity index is 550. The van der Waals surface area contributed by atoms with Crippen LogP contribution < -0.4 is 5.73 Å². The van der Waals surface area contributed by atoms with E-state index in [1.807, 2.05) is 6.92 Å².